The molecule has 27 heavy (non-hydrogen) atoms. The van der Waals surface area contributed by atoms with Crippen LogP contribution >= 0.6 is 23.8 Å². The van der Waals surface area contributed by atoms with Crippen LogP contribution in [0.25, 0.3) is 0 Å². The fourth-order valence-corrected chi connectivity index (χ4v) is 3.39. The average Bonchev–Trinajstić information content (AvgIpc) is 2.69. The van der Waals surface area contributed by atoms with Crippen molar-refractivity contribution in [2.24, 2.45) is 0 Å². The summed E-state index contributed by atoms with van der Waals surface area (Å²) in [5, 5.41) is 7.48. The number of rotatable bonds is 5. The molecule has 0 radical (unpaired) electrons. The van der Waals surface area contributed by atoms with Gasteiger partial charge in [-0.15, -0.1) is 0 Å². The lowest BCUT2D eigenvalue weighted by molar-refractivity contribution is -0.117. The molecule has 2 aromatic rings. The molecule has 0 atom stereocenters. The quantitative estimate of drug-likeness (QED) is 0.753. The number of carbonyl (C=O) groups excluding carboxylic acids is 1. The molecule has 7 heteroatoms. The van der Waals surface area contributed by atoms with Gasteiger partial charge in [-0.3, -0.25) is 9.69 Å². The van der Waals surface area contributed by atoms with Crippen molar-refractivity contribution in [3.05, 3.63) is 65.2 Å². The van der Waals surface area contributed by atoms with Crippen LogP contribution in [0.3, 0.4) is 0 Å². The minimum atomic E-state index is -0.0543. The molecular weight excluding hydrogens is 380 g/mol. The van der Waals surface area contributed by atoms with Gasteiger partial charge in [0.1, 0.15) is 0 Å². The molecule has 0 saturated carbocycles. The van der Waals surface area contributed by atoms with Gasteiger partial charge in [0.15, 0.2) is 5.11 Å². The molecule has 0 aromatic heterocycles. The van der Waals surface area contributed by atoms with Crippen molar-refractivity contribution in [2.45, 2.75) is 6.54 Å². The zero-order valence-corrected chi connectivity index (χ0v) is 16.6. The summed E-state index contributed by atoms with van der Waals surface area (Å²) in [5.74, 6) is -0.0543. The molecule has 3 rings (SSSR count). The van der Waals surface area contributed by atoms with Crippen molar-refractivity contribution in [3.63, 3.8) is 0 Å². The third-order valence-electron chi connectivity index (χ3n) is 4.46. The lowest BCUT2D eigenvalue weighted by Crippen LogP contribution is -2.52. The van der Waals surface area contributed by atoms with Crippen LogP contribution in [0.15, 0.2) is 54.6 Å². The van der Waals surface area contributed by atoms with E-state index in [9.17, 15) is 4.79 Å². The first-order valence-corrected chi connectivity index (χ1v) is 9.74. The smallest absolute Gasteiger partial charge is 0.238 e. The maximum Gasteiger partial charge on any atom is 0.238 e. The predicted octanol–water partition coefficient (Wildman–Crippen LogP) is 2.97. The third-order valence-corrected chi connectivity index (χ3v) is 5.19. The Kier molecular flexibility index (Phi) is 7.04. The van der Waals surface area contributed by atoms with E-state index in [1.165, 1.54) is 5.56 Å². The molecular formula is C20H23ClN4OS. The molecule has 1 heterocycles. The summed E-state index contributed by atoms with van der Waals surface area (Å²) in [6.07, 6.45) is 0. The second-order valence-electron chi connectivity index (χ2n) is 6.44. The van der Waals surface area contributed by atoms with E-state index in [2.05, 4.69) is 32.6 Å². The number of benzene rings is 2. The standard InChI is InChI=1S/C20H23ClN4OS/c21-17-8-4-5-9-18(17)23-19(26)15-24-10-12-25(13-11-24)20(27)22-14-16-6-2-1-3-7-16/h1-9H,10-15H2,(H,22,27)(H,23,26). The minimum absolute atomic E-state index is 0.0543. The van der Waals surface area contributed by atoms with Gasteiger partial charge in [-0.05, 0) is 29.9 Å². The number of carbonyl (C=O) groups is 1. The van der Waals surface area contributed by atoms with Gasteiger partial charge < -0.3 is 15.5 Å². The fourth-order valence-electron chi connectivity index (χ4n) is 2.95. The van der Waals surface area contributed by atoms with E-state index in [0.717, 1.165) is 37.8 Å². The Hall–Kier alpha value is -2.15. The highest BCUT2D eigenvalue weighted by Gasteiger charge is 2.20. The van der Waals surface area contributed by atoms with E-state index < -0.39 is 0 Å². The Labute approximate surface area is 170 Å². The van der Waals surface area contributed by atoms with Crippen LogP contribution in [-0.4, -0.2) is 53.5 Å². The normalized spacial score (nSPS) is 14.6. The molecule has 0 bridgehead atoms. The van der Waals surface area contributed by atoms with E-state index >= 15 is 0 Å². The largest absolute Gasteiger partial charge is 0.358 e. The number of thiocarbonyl (C=S) groups is 1. The summed E-state index contributed by atoms with van der Waals surface area (Å²) in [7, 11) is 0. The van der Waals surface area contributed by atoms with Gasteiger partial charge in [-0.2, -0.15) is 0 Å². The number of hydrogen-bond acceptors (Lipinski definition) is 3. The van der Waals surface area contributed by atoms with E-state index in [4.69, 9.17) is 23.8 Å². The first-order chi connectivity index (χ1) is 13.1. The minimum Gasteiger partial charge on any atom is -0.358 e. The Morgan fingerprint density at radius 2 is 1.67 bits per heavy atom. The molecule has 1 fully saturated rings. The Balaban J connectivity index is 1.40. The molecule has 1 aliphatic heterocycles. The topological polar surface area (TPSA) is 47.6 Å². The van der Waals surface area contributed by atoms with E-state index in [1.54, 1.807) is 12.1 Å². The number of nitrogens with zero attached hydrogens (tertiary/aromatic N) is 2. The molecule has 0 aliphatic carbocycles. The van der Waals surface area contributed by atoms with Gasteiger partial charge in [0.2, 0.25) is 5.91 Å². The number of piperazine rings is 1. The molecule has 2 N–H and O–H groups in total. The summed E-state index contributed by atoms with van der Waals surface area (Å²) in [6, 6.07) is 17.4. The van der Waals surface area contributed by atoms with Gasteiger partial charge in [0.05, 0.1) is 17.3 Å². The highest BCUT2D eigenvalue weighted by atomic mass is 35.5. The molecule has 0 unspecified atom stereocenters. The van der Waals surface area contributed by atoms with Crippen LogP contribution < -0.4 is 10.6 Å². The second-order valence-corrected chi connectivity index (χ2v) is 7.23. The summed E-state index contributed by atoms with van der Waals surface area (Å²) < 4.78 is 0. The molecule has 0 spiro atoms. The summed E-state index contributed by atoms with van der Waals surface area (Å²) >= 11 is 11.6. The molecule has 5 nitrogen and oxygen atoms in total. The Morgan fingerprint density at radius 1 is 1.00 bits per heavy atom. The van der Waals surface area contributed by atoms with Crippen LogP contribution in [0.4, 0.5) is 5.69 Å². The maximum absolute atomic E-state index is 12.2. The van der Waals surface area contributed by atoms with Crippen LogP contribution in [0.2, 0.25) is 5.02 Å². The van der Waals surface area contributed by atoms with Gasteiger partial charge in [-0.25, -0.2) is 0 Å². The predicted molar refractivity (Wildman–Crippen MR) is 114 cm³/mol. The zero-order valence-electron chi connectivity index (χ0n) is 15.0. The van der Waals surface area contributed by atoms with Gasteiger partial charge in [0, 0.05) is 32.7 Å². The molecule has 142 valence electrons. The van der Waals surface area contributed by atoms with Crippen molar-refractivity contribution in [3.8, 4) is 0 Å². The highest BCUT2D eigenvalue weighted by Crippen LogP contribution is 2.20. The number of hydrogen-bond donors (Lipinski definition) is 2. The van der Waals surface area contributed by atoms with Crippen LogP contribution in [-0.2, 0) is 11.3 Å². The van der Waals surface area contributed by atoms with Crippen molar-refractivity contribution in [2.75, 3.05) is 38.0 Å². The van der Waals surface area contributed by atoms with Gasteiger partial charge in [-0.1, -0.05) is 54.1 Å². The number of para-hydroxylation sites is 1. The summed E-state index contributed by atoms with van der Waals surface area (Å²) in [4.78, 5) is 16.5. The summed E-state index contributed by atoms with van der Waals surface area (Å²) in [5.41, 5.74) is 1.85. The third kappa shape index (κ3) is 5.92. The van der Waals surface area contributed by atoms with E-state index in [-0.39, 0.29) is 5.91 Å². The average molecular weight is 403 g/mol. The van der Waals surface area contributed by atoms with Crippen LogP contribution in [0, 0.1) is 0 Å². The number of amides is 1. The molecule has 1 amide bonds. The van der Waals surface area contributed by atoms with E-state index in [1.807, 2.05) is 30.3 Å². The molecule has 1 saturated heterocycles. The molecule has 1 aliphatic rings. The van der Waals surface area contributed by atoms with Crippen molar-refractivity contribution in [1.29, 1.82) is 0 Å². The van der Waals surface area contributed by atoms with Gasteiger partial charge in [0.25, 0.3) is 0 Å². The summed E-state index contributed by atoms with van der Waals surface area (Å²) in [6.45, 7) is 4.27. The molecule has 2 aromatic carbocycles. The van der Waals surface area contributed by atoms with Crippen molar-refractivity contribution < 1.29 is 4.79 Å². The number of halogens is 1. The SMILES string of the molecule is O=C(CN1CCN(C(=S)NCc2ccccc2)CC1)Nc1ccccc1Cl. The Bertz CT molecular complexity index is 779. The lowest BCUT2D eigenvalue weighted by atomic mass is 10.2. The van der Waals surface area contributed by atoms with Gasteiger partial charge >= 0.3 is 0 Å². The maximum atomic E-state index is 12.2. The van der Waals surface area contributed by atoms with E-state index in [0.29, 0.717) is 17.3 Å². The second kappa shape index (κ2) is 9.69. The Morgan fingerprint density at radius 3 is 2.37 bits per heavy atom. The van der Waals surface area contributed by atoms with Crippen LogP contribution in [0.1, 0.15) is 5.56 Å². The number of anilines is 1. The fraction of sp³-hybridized carbons (Fsp3) is 0.300. The van der Waals surface area contributed by atoms with Crippen LogP contribution in [0.5, 0.6) is 0 Å². The lowest BCUT2D eigenvalue weighted by Gasteiger charge is -2.35. The number of nitrogens with one attached hydrogen (secondary N) is 2. The first kappa shape index (κ1) is 19.6. The van der Waals surface area contributed by atoms with Crippen molar-refractivity contribution in [1.82, 2.24) is 15.1 Å². The monoisotopic (exact) mass is 402 g/mol. The van der Waals surface area contributed by atoms with Crippen molar-refractivity contribution >= 4 is 40.5 Å². The first-order valence-electron chi connectivity index (χ1n) is 8.95. The zero-order chi connectivity index (χ0) is 19.1. The highest BCUT2D eigenvalue weighted by molar-refractivity contribution is 7.80.